The third kappa shape index (κ3) is 3.57. The lowest BCUT2D eigenvalue weighted by Crippen LogP contribution is -2.42. The first-order valence-corrected chi connectivity index (χ1v) is 6.62. The van der Waals surface area contributed by atoms with E-state index in [0.29, 0.717) is 18.1 Å². The van der Waals surface area contributed by atoms with E-state index in [1.807, 2.05) is 0 Å². The molecule has 18 heavy (non-hydrogen) atoms. The molecule has 1 aliphatic rings. The van der Waals surface area contributed by atoms with E-state index in [2.05, 4.69) is 27.5 Å². The molecule has 6 heteroatoms. The molecule has 1 fully saturated rings. The molecule has 2 N–H and O–H groups in total. The lowest BCUT2D eigenvalue weighted by molar-refractivity contribution is -0.122. The maximum absolute atomic E-state index is 11.1. The molecule has 0 bridgehead atoms. The molecular weight excluding hydrogens is 252 g/mol. The summed E-state index contributed by atoms with van der Waals surface area (Å²) in [5.41, 5.74) is 0. The van der Waals surface area contributed by atoms with Crippen LogP contribution in [0, 0.1) is 0 Å². The van der Waals surface area contributed by atoms with Gasteiger partial charge in [-0.2, -0.15) is 0 Å². The highest BCUT2D eigenvalue weighted by Gasteiger charge is 2.18. The van der Waals surface area contributed by atoms with Gasteiger partial charge in [-0.3, -0.25) is 4.79 Å². The zero-order valence-electron chi connectivity index (χ0n) is 10.4. The summed E-state index contributed by atoms with van der Waals surface area (Å²) in [5, 5.41) is 6.57. The Hall–Kier alpha value is -1.36. The molecule has 1 aromatic heterocycles. The van der Waals surface area contributed by atoms with Crippen LogP contribution in [-0.2, 0) is 11.2 Å². The molecule has 1 atom stereocenters. The standard InChI is InChI=1S/C12H17ClN4O/c1-2-3-10-16-9(13)6-11(17-10)15-8-4-5-12(18)14-7-8/h6,8H,2-5,7H2,1H3,(H,14,18)(H,15,16,17). The van der Waals surface area contributed by atoms with Crippen LogP contribution in [0.25, 0.3) is 0 Å². The number of carbonyl (C=O) groups excluding carboxylic acids is 1. The van der Waals surface area contributed by atoms with Gasteiger partial charge in [0.2, 0.25) is 5.91 Å². The highest BCUT2D eigenvalue weighted by molar-refractivity contribution is 6.29. The summed E-state index contributed by atoms with van der Waals surface area (Å²) in [6.07, 6.45) is 3.17. The van der Waals surface area contributed by atoms with Gasteiger partial charge < -0.3 is 10.6 Å². The summed E-state index contributed by atoms with van der Waals surface area (Å²) in [4.78, 5) is 19.7. The minimum atomic E-state index is 0.112. The van der Waals surface area contributed by atoms with Crippen LogP contribution in [0.2, 0.25) is 5.15 Å². The molecule has 0 saturated carbocycles. The zero-order chi connectivity index (χ0) is 13.0. The maximum Gasteiger partial charge on any atom is 0.220 e. The Morgan fingerprint density at radius 1 is 1.56 bits per heavy atom. The number of nitrogens with zero attached hydrogens (tertiary/aromatic N) is 2. The van der Waals surface area contributed by atoms with Crippen molar-refractivity contribution in [3.63, 3.8) is 0 Å². The van der Waals surface area contributed by atoms with E-state index < -0.39 is 0 Å². The number of hydrogen-bond acceptors (Lipinski definition) is 4. The Kier molecular flexibility index (Phi) is 4.36. The van der Waals surface area contributed by atoms with Crippen LogP contribution in [-0.4, -0.2) is 28.5 Å². The number of anilines is 1. The van der Waals surface area contributed by atoms with Gasteiger partial charge in [-0.15, -0.1) is 0 Å². The van der Waals surface area contributed by atoms with E-state index in [9.17, 15) is 4.79 Å². The highest BCUT2D eigenvalue weighted by Crippen LogP contribution is 2.15. The van der Waals surface area contributed by atoms with Crippen LogP contribution in [0.5, 0.6) is 0 Å². The molecule has 2 rings (SSSR count). The highest BCUT2D eigenvalue weighted by atomic mass is 35.5. The predicted molar refractivity (Wildman–Crippen MR) is 70.7 cm³/mol. The van der Waals surface area contributed by atoms with Gasteiger partial charge in [-0.05, 0) is 12.8 Å². The monoisotopic (exact) mass is 268 g/mol. The number of piperidine rings is 1. The predicted octanol–water partition coefficient (Wildman–Crippen LogP) is 1.77. The van der Waals surface area contributed by atoms with Crippen molar-refractivity contribution < 1.29 is 4.79 Å². The Morgan fingerprint density at radius 2 is 2.39 bits per heavy atom. The molecule has 0 aliphatic carbocycles. The summed E-state index contributed by atoms with van der Waals surface area (Å²) in [7, 11) is 0. The van der Waals surface area contributed by atoms with Crippen LogP contribution in [0.15, 0.2) is 6.07 Å². The quantitative estimate of drug-likeness (QED) is 0.817. The van der Waals surface area contributed by atoms with Crippen molar-refractivity contribution in [3.05, 3.63) is 17.0 Å². The van der Waals surface area contributed by atoms with Crippen LogP contribution in [0.1, 0.15) is 32.0 Å². The normalized spacial score (nSPS) is 19.4. The van der Waals surface area contributed by atoms with E-state index >= 15 is 0 Å². The van der Waals surface area contributed by atoms with Crippen LogP contribution in [0.3, 0.4) is 0 Å². The number of carbonyl (C=O) groups is 1. The Labute approximate surface area is 111 Å². The van der Waals surface area contributed by atoms with E-state index in [1.165, 1.54) is 0 Å². The zero-order valence-corrected chi connectivity index (χ0v) is 11.1. The summed E-state index contributed by atoms with van der Waals surface area (Å²) in [6.45, 7) is 2.71. The second-order valence-corrected chi connectivity index (χ2v) is 4.81. The van der Waals surface area contributed by atoms with Gasteiger partial charge in [0.15, 0.2) is 0 Å². The molecule has 2 heterocycles. The molecule has 98 valence electrons. The molecule has 1 saturated heterocycles. The molecule has 0 aromatic carbocycles. The lowest BCUT2D eigenvalue weighted by atomic mass is 10.1. The van der Waals surface area contributed by atoms with Crippen molar-refractivity contribution in [2.45, 2.75) is 38.6 Å². The number of hydrogen-bond donors (Lipinski definition) is 2. The molecule has 0 radical (unpaired) electrons. The minimum Gasteiger partial charge on any atom is -0.365 e. The van der Waals surface area contributed by atoms with Gasteiger partial charge in [0.1, 0.15) is 16.8 Å². The van der Waals surface area contributed by atoms with Crippen molar-refractivity contribution in [1.82, 2.24) is 15.3 Å². The average Bonchev–Trinajstić information content (AvgIpc) is 2.32. The van der Waals surface area contributed by atoms with Crippen molar-refractivity contribution in [2.75, 3.05) is 11.9 Å². The molecule has 1 aliphatic heterocycles. The summed E-state index contributed by atoms with van der Waals surface area (Å²) in [6, 6.07) is 1.93. The average molecular weight is 269 g/mol. The van der Waals surface area contributed by atoms with Crippen molar-refractivity contribution >= 4 is 23.3 Å². The molecule has 0 spiro atoms. The maximum atomic E-state index is 11.1. The van der Waals surface area contributed by atoms with Gasteiger partial charge in [0, 0.05) is 31.5 Å². The molecule has 1 amide bonds. The first-order chi connectivity index (χ1) is 8.67. The first-order valence-electron chi connectivity index (χ1n) is 6.24. The number of aryl methyl sites for hydroxylation is 1. The van der Waals surface area contributed by atoms with Gasteiger partial charge in [0.25, 0.3) is 0 Å². The van der Waals surface area contributed by atoms with Crippen molar-refractivity contribution in [1.29, 1.82) is 0 Å². The third-order valence-corrected chi connectivity index (χ3v) is 3.03. The minimum absolute atomic E-state index is 0.112. The van der Waals surface area contributed by atoms with E-state index in [-0.39, 0.29) is 11.9 Å². The van der Waals surface area contributed by atoms with Crippen LogP contribution < -0.4 is 10.6 Å². The SMILES string of the molecule is CCCc1nc(Cl)cc(NC2CCC(=O)NC2)n1. The lowest BCUT2D eigenvalue weighted by Gasteiger charge is -2.24. The Morgan fingerprint density at radius 3 is 3.06 bits per heavy atom. The smallest absolute Gasteiger partial charge is 0.220 e. The second-order valence-electron chi connectivity index (χ2n) is 4.43. The fourth-order valence-corrected chi connectivity index (χ4v) is 2.14. The van der Waals surface area contributed by atoms with E-state index in [0.717, 1.165) is 30.9 Å². The number of rotatable bonds is 4. The summed E-state index contributed by atoms with van der Waals surface area (Å²) in [5.74, 6) is 1.60. The van der Waals surface area contributed by atoms with Crippen LogP contribution in [0.4, 0.5) is 5.82 Å². The van der Waals surface area contributed by atoms with Crippen molar-refractivity contribution in [2.24, 2.45) is 0 Å². The molecule has 1 aromatic rings. The second kappa shape index (κ2) is 6.00. The van der Waals surface area contributed by atoms with Gasteiger partial charge in [-0.25, -0.2) is 9.97 Å². The number of amides is 1. The van der Waals surface area contributed by atoms with Crippen LogP contribution >= 0.6 is 11.6 Å². The fourth-order valence-electron chi connectivity index (χ4n) is 1.94. The van der Waals surface area contributed by atoms with Gasteiger partial charge in [0.05, 0.1) is 0 Å². The molecule has 5 nitrogen and oxygen atoms in total. The summed E-state index contributed by atoms with van der Waals surface area (Å²) >= 11 is 5.97. The fraction of sp³-hybridized carbons (Fsp3) is 0.583. The van der Waals surface area contributed by atoms with E-state index in [4.69, 9.17) is 11.6 Å². The number of aromatic nitrogens is 2. The first kappa shape index (κ1) is 13.1. The largest absolute Gasteiger partial charge is 0.365 e. The van der Waals surface area contributed by atoms with Crippen molar-refractivity contribution in [3.8, 4) is 0 Å². The molecule has 1 unspecified atom stereocenters. The van der Waals surface area contributed by atoms with E-state index in [1.54, 1.807) is 6.07 Å². The third-order valence-electron chi connectivity index (χ3n) is 2.83. The number of nitrogens with one attached hydrogen (secondary N) is 2. The Balaban J connectivity index is 2.02. The molecular formula is C12H17ClN4O. The van der Waals surface area contributed by atoms with Gasteiger partial charge in [-0.1, -0.05) is 18.5 Å². The summed E-state index contributed by atoms with van der Waals surface area (Å²) < 4.78 is 0. The number of halogens is 1. The topological polar surface area (TPSA) is 66.9 Å². The Bertz CT molecular complexity index is 428. The van der Waals surface area contributed by atoms with Gasteiger partial charge >= 0.3 is 0 Å².